The Morgan fingerprint density at radius 2 is 1.84 bits per heavy atom. The first-order valence-corrected chi connectivity index (χ1v) is 8.95. The Kier molecular flexibility index (Phi) is 3.90. The van der Waals surface area contributed by atoms with E-state index in [0.29, 0.717) is 21.1 Å². The number of aromatic nitrogens is 3. The lowest BCUT2D eigenvalue weighted by Gasteiger charge is -2.10. The summed E-state index contributed by atoms with van der Waals surface area (Å²) in [6.07, 6.45) is 1.50. The zero-order valence-electron chi connectivity index (χ0n) is 13.7. The van der Waals surface area contributed by atoms with Crippen molar-refractivity contribution in [3.05, 3.63) is 75.3 Å². The molecule has 0 bridgehead atoms. The molecule has 0 saturated carbocycles. The van der Waals surface area contributed by atoms with Gasteiger partial charge in [0.25, 0.3) is 5.56 Å². The second kappa shape index (κ2) is 6.10. The molecule has 25 heavy (non-hydrogen) atoms. The average molecular weight is 368 g/mol. The summed E-state index contributed by atoms with van der Waals surface area (Å²) in [6.45, 7) is 3.95. The van der Waals surface area contributed by atoms with Crippen LogP contribution in [-0.2, 0) is 0 Å². The predicted octanol–water partition coefficient (Wildman–Crippen LogP) is 4.78. The van der Waals surface area contributed by atoms with Crippen molar-refractivity contribution in [2.45, 2.75) is 13.8 Å². The van der Waals surface area contributed by atoms with Crippen LogP contribution in [0.4, 0.5) is 0 Å². The Morgan fingerprint density at radius 3 is 2.56 bits per heavy atom. The molecule has 0 aliphatic rings. The van der Waals surface area contributed by atoms with Crippen LogP contribution in [0.3, 0.4) is 0 Å². The van der Waals surface area contributed by atoms with Crippen LogP contribution in [0.2, 0.25) is 5.02 Å². The SMILES string of the molecule is Cc1ccc(-c2nc3ncn(-c4c(C)cccc4Cl)c(=O)c3s2)cc1. The van der Waals surface area contributed by atoms with Crippen molar-refractivity contribution in [3.63, 3.8) is 0 Å². The highest BCUT2D eigenvalue weighted by molar-refractivity contribution is 7.21. The van der Waals surface area contributed by atoms with Crippen molar-refractivity contribution in [1.82, 2.24) is 14.5 Å². The van der Waals surface area contributed by atoms with Gasteiger partial charge in [-0.15, -0.1) is 11.3 Å². The Morgan fingerprint density at radius 1 is 1.08 bits per heavy atom. The lowest BCUT2D eigenvalue weighted by molar-refractivity contribution is 0.952. The smallest absolute Gasteiger partial charge is 0.267 e. The molecule has 2 aromatic carbocycles. The fourth-order valence-corrected chi connectivity index (χ4v) is 3.99. The van der Waals surface area contributed by atoms with Crippen LogP contribution in [-0.4, -0.2) is 14.5 Å². The molecule has 0 amide bonds. The molecule has 0 radical (unpaired) electrons. The van der Waals surface area contributed by atoms with E-state index in [1.807, 2.05) is 50.2 Å². The topological polar surface area (TPSA) is 47.8 Å². The van der Waals surface area contributed by atoms with Gasteiger partial charge in [0.2, 0.25) is 0 Å². The molecule has 0 atom stereocenters. The third-order valence-corrected chi connectivity index (χ3v) is 5.43. The fourth-order valence-electron chi connectivity index (χ4n) is 2.72. The monoisotopic (exact) mass is 367 g/mol. The van der Waals surface area contributed by atoms with Crippen molar-refractivity contribution < 1.29 is 0 Å². The normalized spacial score (nSPS) is 11.2. The Hall–Kier alpha value is -2.50. The number of fused-ring (bicyclic) bond motifs is 1. The summed E-state index contributed by atoms with van der Waals surface area (Å²) in [5.41, 5.74) is 4.05. The van der Waals surface area contributed by atoms with Gasteiger partial charge in [-0.1, -0.05) is 53.6 Å². The van der Waals surface area contributed by atoms with Crippen LogP contribution < -0.4 is 5.56 Å². The van der Waals surface area contributed by atoms with Gasteiger partial charge in [0.05, 0.1) is 10.7 Å². The Bertz CT molecular complexity index is 1130. The average Bonchev–Trinajstić information content (AvgIpc) is 3.02. The number of nitrogens with zero attached hydrogens (tertiary/aromatic N) is 3. The number of halogens is 1. The minimum atomic E-state index is -0.155. The van der Waals surface area contributed by atoms with Crippen molar-refractivity contribution in [2.75, 3.05) is 0 Å². The molecule has 4 rings (SSSR count). The molecule has 0 aliphatic heterocycles. The van der Waals surface area contributed by atoms with Crippen molar-refractivity contribution in [3.8, 4) is 16.3 Å². The third kappa shape index (κ3) is 2.75. The van der Waals surface area contributed by atoms with E-state index >= 15 is 0 Å². The summed E-state index contributed by atoms with van der Waals surface area (Å²) >= 11 is 7.66. The molecule has 124 valence electrons. The molecule has 0 unspecified atom stereocenters. The molecular weight excluding hydrogens is 354 g/mol. The summed E-state index contributed by atoms with van der Waals surface area (Å²) in [5, 5.41) is 1.31. The molecule has 4 aromatic rings. The van der Waals surface area contributed by atoms with Crippen molar-refractivity contribution in [1.29, 1.82) is 0 Å². The Labute approximate surface area is 153 Å². The third-order valence-electron chi connectivity index (χ3n) is 4.05. The number of hydrogen-bond donors (Lipinski definition) is 0. The lowest BCUT2D eigenvalue weighted by atomic mass is 10.2. The van der Waals surface area contributed by atoms with Crippen LogP contribution >= 0.6 is 22.9 Å². The maximum atomic E-state index is 13.0. The minimum absolute atomic E-state index is 0.155. The lowest BCUT2D eigenvalue weighted by Crippen LogP contribution is -2.19. The number of thiazole rings is 1. The van der Waals surface area contributed by atoms with Crippen LogP contribution in [0.1, 0.15) is 11.1 Å². The number of para-hydroxylation sites is 1. The van der Waals surface area contributed by atoms with E-state index in [1.54, 1.807) is 6.07 Å². The molecule has 0 spiro atoms. The van der Waals surface area contributed by atoms with Crippen LogP contribution in [0.25, 0.3) is 26.6 Å². The van der Waals surface area contributed by atoms with Crippen LogP contribution in [0.5, 0.6) is 0 Å². The van der Waals surface area contributed by atoms with Crippen LogP contribution in [0, 0.1) is 13.8 Å². The van der Waals surface area contributed by atoms with Gasteiger partial charge in [-0.25, -0.2) is 9.97 Å². The molecule has 0 N–H and O–H groups in total. The number of aryl methyl sites for hydroxylation is 2. The first kappa shape index (κ1) is 16.0. The molecule has 0 aliphatic carbocycles. The second-order valence-corrected chi connectivity index (χ2v) is 7.27. The van der Waals surface area contributed by atoms with E-state index in [9.17, 15) is 4.79 Å². The number of benzene rings is 2. The summed E-state index contributed by atoms with van der Waals surface area (Å²) in [5.74, 6) is 0. The quantitative estimate of drug-likeness (QED) is 0.512. The maximum absolute atomic E-state index is 13.0. The van der Waals surface area contributed by atoms with Gasteiger partial charge < -0.3 is 0 Å². The number of rotatable bonds is 2. The largest absolute Gasteiger partial charge is 0.277 e. The molecular formula is C19H14ClN3OS. The highest BCUT2D eigenvalue weighted by atomic mass is 35.5. The van der Waals surface area contributed by atoms with Gasteiger partial charge >= 0.3 is 0 Å². The molecule has 2 heterocycles. The zero-order valence-corrected chi connectivity index (χ0v) is 15.2. The highest BCUT2D eigenvalue weighted by Gasteiger charge is 2.15. The number of hydrogen-bond acceptors (Lipinski definition) is 4. The molecule has 0 fully saturated rings. The molecule has 0 saturated heterocycles. The summed E-state index contributed by atoms with van der Waals surface area (Å²) in [7, 11) is 0. The maximum Gasteiger partial charge on any atom is 0.277 e. The van der Waals surface area contributed by atoms with Gasteiger partial charge in [0.1, 0.15) is 16.0 Å². The summed E-state index contributed by atoms with van der Waals surface area (Å²) in [6, 6.07) is 13.6. The Balaban J connectivity index is 1.92. The van der Waals surface area contributed by atoms with Crippen molar-refractivity contribution in [2.24, 2.45) is 0 Å². The minimum Gasteiger partial charge on any atom is -0.267 e. The van der Waals surface area contributed by atoms with Gasteiger partial charge in [-0.2, -0.15) is 0 Å². The van der Waals surface area contributed by atoms with E-state index in [1.165, 1.54) is 27.8 Å². The van der Waals surface area contributed by atoms with Gasteiger partial charge in [0.15, 0.2) is 5.65 Å². The van der Waals surface area contributed by atoms with E-state index in [2.05, 4.69) is 9.97 Å². The van der Waals surface area contributed by atoms with E-state index in [0.717, 1.165) is 16.1 Å². The zero-order chi connectivity index (χ0) is 17.6. The molecule has 4 nitrogen and oxygen atoms in total. The van der Waals surface area contributed by atoms with Gasteiger partial charge in [-0.05, 0) is 25.5 Å². The van der Waals surface area contributed by atoms with Gasteiger partial charge in [0, 0.05) is 5.56 Å². The second-order valence-electron chi connectivity index (χ2n) is 5.86. The highest BCUT2D eigenvalue weighted by Crippen LogP contribution is 2.28. The van der Waals surface area contributed by atoms with Crippen molar-refractivity contribution >= 4 is 33.3 Å². The van der Waals surface area contributed by atoms with Crippen LogP contribution in [0.15, 0.2) is 53.6 Å². The van der Waals surface area contributed by atoms with E-state index in [4.69, 9.17) is 11.6 Å². The summed E-state index contributed by atoms with van der Waals surface area (Å²) < 4.78 is 2.02. The van der Waals surface area contributed by atoms with Gasteiger partial charge in [-0.3, -0.25) is 9.36 Å². The first-order valence-electron chi connectivity index (χ1n) is 7.75. The molecule has 2 aromatic heterocycles. The fraction of sp³-hybridized carbons (Fsp3) is 0.105. The predicted molar refractivity (Wildman–Crippen MR) is 103 cm³/mol. The standard InChI is InChI=1S/C19H14ClN3OS/c1-11-6-8-13(9-7-11)18-22-17-16(25-18)19(24)23(10-21-17)15-12(2)4-3-5-14(15)20/h3-10H,1-2H3. The van der Waals surface area contributed by atoms with E-state index in [-0.39, 0.29) is 5.56 Å². The first-order chi connectivity index (χ1) is 12.0. The van der Waals surface area contributed by atoms with E-state index < -0.39 is 0 Å². The summed E-state index contributed by atoms with van der Waals surface area (Å²) in [4.78, 5) is 21.8. The molecule has 6 heteroatoms.